The Bertz CT molecular complexity index is 327. The van der Waals surface area contributed by atoms with Crippen molar-refractivity contribution >= 4 is 0 Å². The Morgan fingerprint density at radius 3 is 2.53 bits per heavy atom. The molecule has 2 nitrogen and oxygen atoms in total. The van der Waals surface area contributed by atoms with Crippen LogP contribution in [0.15, 0.2) is 18.2 Å². The van der Waals surface area contributed by atoms with Gasteiger partial charge in [0.15, 0.2) is 0 Å². The van der Waals surface area contributed by atoms with E-state index in [4.69, 9.17) is 4.74 Å². The zero-order chi connectivity index (χ0) is 11.4. The summed E-state index contributed by atoms with van der Waals surface area (Å²) in [6, 6.07) is 4.82. The SMILES string of the molecule is CNC(C)C(C)Oc1ccc(F)cc1C. The standard InChI is InChI=1S/C12H18FNO/c1-8-7-11(13)5-6-12(8)15-10(3)9(2)14-4/h5-7,9-10,14H,1-4H3. The zero-order valence-corrected chi connectivity index (χ0v) is 9.67. The van der Waals surface area contributed by atoms with Crippen LogP contribution in [0.2, 0.25) is 0 Å². The van der Waals surface area contributed by atoms with Crippen molar-refractivity contribution in [2.24, 2.45) is 0 Å². The van der Waals surface area contributed by atoms with E-state index >= 15 is 0 Å². The normalized spacial score (nSPS) is 14.7. The van der Waals surface area contributed by atoms with Gasteiger partial charge < -0.3 is 10.1 Å². The Hall–Kier alpha value is -1.09. The molecule has 0 spiro atoms. The van der Waals surface area contributed by atoms with Crippen LogP contribution in [-0.4, -0.2) is 19.2 Å². The van der Waals surface area contributed by atoms with E-state index in [1.54, 1.807) is 6.07 Å². The number of ether oxygens (including phenoxy) is 1. The average Bonchev–Trinajstić information content (AvgIpc) is 2.20. The fraction of sp³-hybridized carbons (Fsp3) is 0.500. The first-order chi connectivity index (χ1) is 7.04. The molecule has 0 fully saturated rings. The van der Waals surface area contributed by atoms with Crippen LogP contribution < -0.4 is 10.1 Å². The molecule has 2 unspecified atom stereocenters. The molecule has 84 valence electrons. The summed E-state index contributed by atoms with van der Waals surface area (Å²) in [6.07, 6.45) is 0.0548. The van der Waals surface area contributed by atoms with Gasteiger partial charge in [-0.1, -0.05) is 0 Å². The molecular formula is C12H18FNO. The molecule has 0 saturated carbocycles. The Labute approximate surface area is 90.4 Å². The Kier molecular flexibility index (Phi) is 4.09. The van der Waals surface area contributed by atoms with Crippen LogP contribution in [0.5, 0.6) is 5.75 Å². The Morgan fingerprint density at radius 1 is 1.33 bits per heavy atom. The molecule has 0 saturated heterocycles. The van der Waals surface area contributed by atoms with E-state index < -0.39 is 0 Å². The average molecular weight is 211 g/mol. The summed E-state index contributed by atoms with van der Waals surface area (Å²) in [5.74, 6) is 0.514. The molecule has 3 heteroatoms. The van der Waals surface area contributed by atoms with Crippen LogP contribution in [0.1, 0.15) is 19.4 Å². The number of benzene rings is 1. The van der Waals surface area contributed by atoms with Gasteiger partial charge in [-0.2, -0.15) is 0 Å². The zero-order valence-electron chi connectivity index (χ0n) is 9.67. The lowest BCUT2D eigenvalue weighted by atomic mass is 10.2. The van der Waals surface area contributed by atoms with Crippen molar-refractivity contribution in [3.05, 3.63) is 29.6 Å². The van der Waals surface area contributed by atoms with E-state index in [-0.39, 0.29) is 18.0 Å². The lowest BCUT2D eigenvalue weighted by Crippen LogP contribution is -2.36. The van der Waals surface area contributed by atoms with Gasteiger partial charge in [0.25, 0.3) is 0 Å². The van der Waals surface area contributed by atoms with Crippen molar-refractivity contribution in [1.29, 1.82) is 0 Å². The van der Waals surface area contributed by atoms with E-state index in [1.165, 1.54) is 12.1 Å². The minimum absolute atomic E-state index is 0.0548. The van der Waals surface area contributed by atoms with Gasteiger partial charge in [-0.25, -0.2) is 4.39 Å². The van der Waals surface area contributed by atoms with Crippen LogP contribution in [-0.2, 0) is 0 Å². The number of hydrogen-bond acceptors (Lipinski definition) is 2. The number of likely N-dealkylation sites (N-methyl/N-ethyl adjacent to an activating group) is 1. The second kappa shape index (κ2) is 5.12. The van der Waals surface area contributed by atoms with Crippen molar-refractivity contribution < 1.29 is 9.13 Å². The highest BCUT2D eigenvalue weighted by molar-refractivity contribution is 5.32. The van der Waals surface area contributed by atoms with Crippen LogP contribution in [0.4, 0.5) is 4.39 Å². The fourth-order valence-electron chi connectivity index (χ4n) is 1.28. The van der Waals surface area contributed by atoms with Gasteiger partial charge in [0.05, 0.1) is 0 Å². The minimum Gasteiger partial charge on any atom is -0.489 e. The van der Waals surface area contributed by atoms with Gasteiger partial charge in [0, 0.05) is 6.04 Å². The summed E-state index contributed by atoms with van der Waals surface area (Å²) in [7, 11) is 1.89. The van der Waals surface area contributed by atoms with E-state index in [9.17, 15) is 4.39 Å². The van der Waals surface area contributed by atoms with E-state index in [0.717, 1.165) is 11.3 Å². The van der Waals surface area contributed by atoms with Gasteiger partial charge in [0.2, 0.25) is 0 Å². The second-order valence-electron chi connectivity index (χ2n) is 3.81. The van der Waals surface area contributed by atoms with Gasteiger partial charge in [0.1, 0.15) is 17.7 Å². The molecule has 1 aromatic carbocycles. The van der Waals surface area contributed by atoms with Crippen molar-refractivity contribution in [2.45, 2.75) is 32.9 Å². The lowest BCUT2D eigenvalue weighted by molar-refractivity contribution is 0.181. The third-order valence-corrected chi connectivity index (χ3v) is 2.61. The van der Waals surface area contributed by atoms with Crippen molar-refractivity contribution in [1.82, 2.24) is 5.32 Å². The number of rotatable bonds is 4. The molecule has 0 aromatic heterocycles. The maximum absolute atomic E-state index is 12.8. The first-order valence-electron chi connectivity index (χ1n) is 5.14. The van der Waals surface area contributed by atoms with E-state index in [2.05, 4.69) is 5.32 Å². The molecule has 2 atom stereocenters. The first kappa shape index (κ1) is 12.0. The van der Waals surface area contributed by atoms with Crippen LogP contribution in [0.25, 0.3) is 0 Å². The molecule has 0 radical (unpaired) electrons. The Morgan fingerprint density at radius 2 is 2.00 bits per heavy atom. The molecule has 0 bridgehead atoms. The third kappa shape index (κ3) is 3.20. The van der Waals surface area contributed by atoms with Crippen molar-refractivity contribution in [2.75, 3.05) is 7.05 Å². The quantitative estimate of drug-likeness (QED) is 0.826. The topological polar surface area (TPSA) is 21.3 Å². The van der Waals surface area contributed by atoms with Crippen molar-refractivity contribution in [3.8, 4) is 5.75 Å². The van der Waals surface area contributed by atoms with Gasteiger partial charge >= 0.3 is 0 Å². The monoisotopic (exact) mass is 211 g/mol. The highest BCUT2D eigenvalue weighted by atomic mass is 19.1. The predicted molar refractivity (Wildman–Crippen MR) is 59.7 cm³/mol. The van der Waals surface area contributed by atoms with Gasteiger partial charge in [-0.3, -0.25) is 0 Å². The smallest absolute Gasteiger partial charge is 0.123 e. The minimum atomic E-state index is -0.228. The number of hydrogen-bond donors (Lipinski definition) is 1. The molecule has 0 aliphatic rings. The van der Waals surface area contributed by atoms with Gasteiger partial charge in [-0.05, 0) is 51.6 Å². The summed E-state index contributed by atoms with van der Waals surface area (Å²) in [4.78, 5) is 0. The molecule has 0 aliphatic heterocycles. The highest BCUT2D eigenvalue weighted by Crippen LogP contribution is 2.20. The number of nitrogens with one attached hydrogen (secondary N) is 1. The van der Waals surface area contributed by atoms with Crippen LogP contribution in [0, 0.1) is 12.7 Å². The molecule has 1 rings (SSSR count). The molecule has 15 heavy (non-hydrogen) atoms. The summed E-state index contributed by atoms with van der Waals surface area (Å²) in [5, 5.41) is 3.12. The second-order valence-corrected chi connectivity index (χ2v) is 3.81. The maximum Gasteiger partial charge on any atom is 0.123 e. The Balaban J connectivity index is 2.72. The molecule has 1 aromatic rings. The molecule has 0 heterocycles. The summed E-state index contributed by atoms with van der Waals surface area (Å²) < 4.78 is 18.6. The molecule has 1 N–H and O–H groups in total. The highest BCUT2D eigenvalue weighted by Gasteiger charge is 2.12. The summed E-state index contributed by atoms with van der Waals surface area (Å²) in [5.41, 5.74) is 0.824. The molecule has 0 amide bonds. The largest absolute Gasteiger partial charge is 0.489 e. The predicted octanol–water partition coefficient (Wildman–Crippen LogP) is 2.51. The maximum atomic E-state index is 12.8. The lowest BCUT2D eigenvalue weighted by Gasteiger charge is -2.22. The van der Waals surface area contributed by atoms with E-state index in [1.807, 2.05) is 27.8 Å². The fourth-order valence-corrected chi connectivity index (χ4v) is 1.28. The first-order valence-corrected chi connectivity index (χ1v) is 5.14. The third-order valence-electron chi connectivity index (χ3n) is 2.61. The van der Waals surface area contributed by atoms with Crippen LogP contribution in [0.3, 0.4) is 0 Å². The van der Waals surface area contributed by atoms with Crippen molar-refractivity contribution in [3.63, 3.8) is 0 Å². The summed E-state index contributed by atoms with van der Waals surface area (Å²) >= 11 is 0. The van der Waals surface area contributed by atoms with Crippen LogP contribution >= 0.6 is 0 Å². The van der Waals surface area contributed by atoms with E-state index in [0.29, 0.717) is 0 Å². The summed E-state index contributed by atoms with van der Waals surface area (Å²) in [6.45, 7) is 5.88. The number of aryl methyl sites for hydroxylation is 1. The number of halogens is 1. The molecular weight excluding hydrogens is 193 g/mol. The van der Waals surface area contributed by atoms with Gasteiger partial charge in [-0.15, -0.1) is 0 Å². The molecule has 0 aliphatic carbocycles.